The van der Waals surface area contributed by atoms with Crippen molar-refractivity contribution < 1.29 is 64.2 Å². The Morgan fingerprint density at radius 1 is 1.31 bits per heavy atom. The van der Waals surface area contributed by atoms with Gasteiger partial charge in [0.2, 0.25) is 5.88 Å². The number of carboxylic acid groups (broad SMARTS) is 1. The molecule has 2 heterocycles. The van der Waals surface area contributed by atoms with Gasteiger partial charge in [-0.2, -0.15) is 27.1 Å². The number of carboxylic acids is 1. The van der Waals surface area contributed by atoms with Crippen molar-refractivity contribution in [3.05, 3.63) is 11.3 Å². The van der Waals surface area contributed by atoms with Gasteiger partial charge in [-0.15, -0.1) is 0 Å². The van der Waals surface area contributed by atoms with E-state index in [9.17, 15) is 39.7 Å². The average Bonchev–Trinajstić information content (AvgIpc) is 3.20. The highest BCUT2D eigenvalue weighted by Gasteiger charge is 2.43. The summed E-state index contributed by atoms with van der Waals surface area (Å²) in [6.45, 7) is 3.07. The van der Waals surface area contributed by atoms with Crippen molar-refractivity contribution in [1.82, 2.24) is 15.1 Å². The van der Waals surface area contributed by atoms with Crippen molar-refractivity contribution in [3.8, 4) is 5.88 Å². The van der Waals surface area contributed by atoms with Gasteiger partial charge < -0.3 is 30.2 Å². The van der Waals surface area contributed by atoms with Crippen LogP contribution in [0.4, 0.5) is 22.0 Å². The number of carbonyl (C=O) groups is 1. The lowest BCUT2D eigenvalue weighted by molar-refractivity contribution is -0.142. The molecule has 0 unspecified atom stereocenters. The molecule has 1 aliphatic heterocycles. The number of rotatable bonds is 8. The second-order valence-corrected chi connectivity index (χ2v) is 12.4. The number of hydrogen-bond donors (Lipinski definition) is 5. The van der Waals surface area contributed by atoms with E-state index in [1.807, 2.05) is 13.8 Å². The molecular weight excluding hydrogens is 588 g/mol. The predicted molar refractivity (Wildman–Crippen MR) is 127 cm³/mol. The quantitative estimate of drug-likeness (QED) is 0.207. The number of alkyl halides is 5. The molecule has 1 aromatic rings. The molecule has 2 rings (SSSR count). The molecule has 1 aromatic heterocycles. The first-order chi connectivity index (χ1) is 17.4. The Kier molecular flexibility index (Phi) is 13.4. The fourth-order valence-corrected chi connectivity index (χ4v) is 4.42. The van der Waals surface area contributed by atoms with E-state index in [2.05, 4.69) is 20.3 Å². The summed E-state index contributed by atoms with van der Waals surface area (Å²) in [6, 6.07) is 0.333. The molecule has 0 aliphatic carbocycles. The number of oxime groups is 1. The largest absolute Gasteiger partial charge is 0.480 e. The van der Waals surface area contributed by atoms with Gasteiger partial charge in [-0.3, -0.25) is 14.7 Å². The normalized spacial score (nSPS) is 15.1. The second kappa shape index (κ2) is 14.3. The fourth-order valence-electron chi connectivity index (χ4n) is 2.49. The molecule has 0 atom stereocenters. The van der Waals surface area contributed by atoms with Gasteiger partial charge in [-0.05, 0) is 19.9 Å². The Morgan fingerprint density at radius 2 is 1.82 bits per heavy atom. The zero-order chi connectivity index (χ0) is 31.0. The molecule has 0 bridgehead atoms. The number of nitrogens with two attached hydrogens (primary N) is 1. The maximum atomic E-state index is 13.1. The third-order valence-electron chi connectivity index (χ3n) is 3.82. The highest BCUT2D eigenvalue weighted by molar-refractivity contribution is 8.05. The van der Waals surface area contributed by atoms with E-state index in [0.717, 1.165) is 7.05 Å². The molecule has 21 heteroatoms. The summed E-state index contributed by atoms with van der Waals surface area (Å²) in [6.07, 6.45) is -5.82. The smallest absolute Gasteiger partial charge is 0.435 e. The van der Waals surface area contributed by atoms with Gasteiger partial charge in [-0.1, -0.05) is 19.0 Å². The molecule has 0 aromatic carbocycles. The Labute approximate surface area is 220 Å². The molecule has 39 heavy (non-hydrogen) atoms. The topological polar surface area (TPSA) is 216 Å². The van der Waals surface area contributed by atoms with Gasteiger partial charge in [0, 0.05) is 13.5 Å². The number of halogens is 5. The van der Waals surface area contributed by atoms with Crippen LogP contribution in [0.15, 0.2) is 5.16 Å². The van der Waals surface area contributed by atoms with Crippen LogP contribution in [0, 0.1) is 0 Å². The van der Waals surface area contributed by atoms with Crippen LogP contribution in [0.3, 0.4) is 0 Å². The van der Waals surface area contributed by atoms with E-state index in [-0.39, 0.29) is 6.42 Å². The number of aryl methyl sites for hydroxylation is 1. The molecule has 6 N–H and O–H groups in total. The summed E-state index contributed by atoms with van der Waals surface area (Å²) < 4.78 is 103. The van der Waals surface area contributed by atoms with Crippen molar-refractivity contribution in [3.63, 3.8) is 0 Å². The van der Waals surface area contributed by atoms with Crippen LogP contribution in [-0.2, 0) is 43.0 Å². The minimum Gasteiger partial charge on any atom is -0.480 e. The second-order valence-electron chi connectivity index (χ2n) is 8.79. The average molecular weight is 620 g/mol. The SMILES string of the molecule is CC(C)N.Cn1nc(C(F)(F)F)c(CS(=O)(=O)C2=NOC(C)(C)C2)c1OC(F)F.O=C(O)CNCP(=O)(O)O. The fraction of sp³-hybridized carbons (Fsp3) is 0.722. The lowest BCUT2D eigenvalue weighted by atomic mass is 10.1. The van der Waals surface area contributed by atoms with Gasteiger partial charge in [0.1, 0.15) is 5.60 Å². The van der Waals surface area contributed by atoms with Crippen LogP contribution < -0.4 is 15.8 Å². The van der Waals surface area contributed by atoms with Crippen LogP contribution in [0.5, 0.6) is 5.88 Å². The van der Waals surface area contributed by atoms with E-state index >= 15 is 0 Å². The molecule has 228 valence electrons. The van der Waals surface area contributed by atoms with Crippen molar-refractivity contribution in [2.45, 2.75) is 64.3 Å². The highest BCUT2D eigenvalue weighted by Crippen LogP contribution is 2.38. The predicted octanol–water partition coefficient (Wildman–Crippen LogP) is 1.62. The maximum Gasteiger partial charge on any atom is 0.435 e. The zero-order valence-electron chi connectivity index (χ0n) is 21.4. The first-order valence-corrected chi connectivity index (χ1v) is 14.1. The molecule has 0 saturated carbocycles. The van der Waals surface area contributed by atoms with Crippen molar-refractivity contribution in [2.75, 3.05) is 12.8 Å². The Bertz CT molecular complexity index is 1150. The van der Waals surface area contributed by atoms with Crippen LogP contribution in [0.25, 0.3) is 0 Å². The van der Waals surface area contributed by atoms with Crippen LogP contribution in [0.2, 0.25) is 0 Å². The summed E-state index contributed by atoms with van der Waals surface area (Å²) in [5, 5.41) is 16.0. The molecule has 0 spiro atoms. The lowest BCUT2D eigenvalue weighted by Crippen LogP contribution is -2.24. The molecular formula is C18H31F5N5O9PS. The summed E-state index contributed by atoms with van der Waals surface area (Å²) in [7, 11) is -7.53. The number of aromatic nitrogens is 2. The maximum absolute atomic E-state index is 13.1. The molecule has 1 aliphatic rings. The molecule has 0 fully saturated rings. The van der Waals surface area contributed by atoms with Crippen LogP contribution in [0.1, 0.15) is 45.4 Å². The summed E-state index contributed by atoms with van der Waals surface area (Å²) in [5.74, 6) is -3.38. The number of nitrogens with one attached hydrogen (secondary N) is 1. The number of sulfone groups is 1. The highest BCUT2D eigenvalue weighted by atomic mass is 32.2. The third kappa shape index (κ3) is 14.5. The Morgan fingerprint density at radius 3 is 2.18 bits per heavy atom. The van der Waals surface area contributed by atoms with Crippen molar-refractivity contribution in [1.29, 1.82) is 0 Å². The number of ether oxygens (including phenoxy) is 1. The van der Waals surface area contributed by atoms with E-state index in [1.54, 1.807) is 0 Å². The molecule has 14 nitrogen and oxygen atoms in total. The summed E-state index contributed by atoms with van der Waals surface area (Å²) >= 11 is 0. The van der Waals surface area contributed by atoms with Crippen molar-refractivity contribution >= 4 is 28.4 Å². The van der Waals surface area contributed by atoms with Crippen molar-refractivity contribution in [2.24, 2.45) is 17.9 Å². The van der Waals surface area contributed by atoms with E-state index < -0.39 is 82.6 Å². The molecule has 0 saturated heterocycles. The third-order valence-corrected chi connectivity index (χ3v) is 6.06. The zero-order valence-corrected chi connectivity index (χ0v) is 23.1. The minimum atomic E-state index is -5.06. The van der Waals surface area contributed by atoms with E-state index in [4.69, 9.17) is 25.5 Å². The lowest BCUT2D eigenvalue weighted by Gasteiger charge is -2.13. The van der Waals surface area contributed by atoms with Gasteiger partial charge in [-0.25, -0.2) is 13.1 Å². The number of aliphatic carboxylic acids is 1. The van der Waals surface area contributed by atoms with Crippen LogP contribution in [-0.4, -0.2) is 75.2 Å². The van der Waals surface area contributed by atoms with E-state index in [1.165, 1.54) is 13.8 Å². The molecule has 0 radical (unpaired) electrons. The standard InChI is InChI=1S/C12H14F5N3O4S.C3H8NO5P.C3H9N/c1-11(2)4-7(19-24-11)25(21,22)5-6-8(12(15,16)17)18-20(3)9(6)23-10(13)14;5-3(6)1-4-2-10(7,8)9;1-3(2)4/h10H,4-5H2,1-3H3;4H,1-2H2,(H,5,6)(H2,7,8,9);3H,4H2,1-2H3. The number of hydrogen-bond acceptors (Lipinski definition) is 10. The molecule has 0 amide bonds. The number of nitrogens with zero attached hydrogens (tertiary/aromatic N) is 3. The Balaban J connectivity index is 0.000000856. The van der Waals surface area contributed by atoms with Gasteiger partial charge >= 0.3 is 26.4 Å². The minimum absolute atomic E-state index is 0.165. The summed E-state index contributed by atoms with van der Waals surface area (Å²) in [4.78, 5) is 31.0. The van der Waals surface area contributed by atoms with E-state index in [0.29, 0.717) is 10.7 Å². The van der Waals surface area contributed by atoms with Gasteiger partial charge in [0.15, 0.2) is 20.6 Å². The monoisotopic (exact) mass is 619 g/mol. The first kappa shape index (κ1) is 36.6. The van der Waals surface area contributed by atoms with Crippen LogP contribution >= 0.6 is 7.60 Å². The Hall–Kier alpha value is -2.38. The summed E-state index contributed by atoms with van der Waals surface area (Å²) in [5.41, 5.74) is 1.54. The van der Waals surface area contributed by atoms with Gasteiger partial charge in [0.25, 0.3) is 0 Å². The first-order valence-electron chi connectivity index (χ1n) is 10.7. The van der Waals surface area contributed by atoms with Gasteiger partial charge in [0.05, 0.1) is 24.1 Å².